The van der Waals surface area contributed by atoms with E-state index in [0.717, 1.165) is 37.1 Å². The van der Waals surface area contributed by atoms with Gasteiger partial charge in [-0.3, -0.25) is 9.48 Å². The molecule has 0 bridgehead atoms. The van der Waals surface area contributed by atoms with E-state index in [1.807, 2.05) is 14.0 Å². The van der Waals surface area contributed by atoms with Crippen LogP contribution in [0.25, 0.3) is 0 Å². The highest BCUT2D eigenvalue weighted by atomic mass is 35.5. The van der Waals surface area contributed by atoms with E-state index >= 15 is 0 Å². The van der Waals surface area contributed by atoms with Crippen molar-refractivity contribution in [1.82, 2.24) is 15.1 Å². The van der Waals surface area contributed by atoms with Gasteiger partial charge in [0.2, 0.25) is 0 Å². The number of hydrogen-bond donors (Lipinski definition) is 2. The molecule has 0 aliphatic heterocycles. The Labute approximate surface area is 117 Å². The van der Waals surface area contributed by atoms with Gasteiger partial charge in [-0.15, -0.1) is 0 Å². The zero-order chi connectivity index (χ0) is 14.0. The Balaban J connectivity index is 1.88. The van der Waals surface area contributed by atoms with Gasteiger partial charge in [-0.1, -0.05) is 18.0 Å². The molecule has 5 nitrogen and oxygen atoms in total. The number of carbonyl (C=O) groups is 1. The third-order valence-electron chi connectivity index (χ3n) is 3.95. The minimum Gasteiger partial charge on any atom is -0.481 e. The van der Waals surface area contributed by atoms with Gasteiger partial charge in [0, 0.05) is 19.2 Å². The number of nitrogens with one attached hydrogen (secondary N) is 1. The van der Waals surface area contributed by atoms with Crippen LogP contribution in [0.1, 0.15) is 30.5 Å². The molecule has 2 N–H and O–H groups in total. The SMILES string of the molecule is Cc1nn(C)c(Cl)c1CNCC1CCCC1C(=O)O. The molecule has 2 unspecified atom stereocenters. The largest absolute Gasteiger partial charge is 0.481 e. The molecule has 1 heterocycles. The Morgan fingerprint density at radius 3 is 2.89 bits per heavy atom. The summed E-state index contributed by atoms with van der Waals surface area (Å²) in [6.07, 6.45) is 2.80. The van der Waals surface area contributed by atoms with Gasteiger partial charge >= 0.3 is 5.97 Å². The van der Waals surface area contributed by atoms with Crippen LogP contribution in [0, 0.1) is 18.8 Å². The first-order valence-corrected chi connectivity index (χ1v) is 7.00. The van der Waals surface area contributed by atoms with Crippen molar-refractivity contribution in [3.8, 4) is 0 Å². The number of hydrogen-bond acceptors (Lipinski definition) is 3. The quantitative estimate of drug-likeness (QED) is 0.868. The van der Waals surface area contributed by atoms with Crippen molar-refractivity contribution < 1.29 is 9.90 Å². The molecule has 0 aromatic carbocycles. The summed E-state index contributed by atoms with van der Waals surface area (Å²) in [4.78, 5) is 11.1. The summed E-state index contributed by atoms with van der Waals surface area (Å²) in [7, 11) is 1.82. The molecule has 1 saturated carbocycles. The van der Waals surface area contributed by atoms with E-state index in [0.29, 0.717) is 11.7 Å². The first-order chi connectivity index (χ1) is 9.00. The maximum atomic E-state index is 11.1. The smallest absolute Gasteiger partial charge is 0.306 e. The third kappa shape index (κ3) is 3.09. The van der Waals surface area contributed by atoms with Crippen molar-refractivity contribution in [2.24, 2.45) is 18.9 Å². The van der Waals surface area contributed by atoms with Crippen molar-refractivity contribution in [2.45, 2.75) is 32.7 Å². The molecule has 0 amide bonds. The van der Waals surface area contributed by atoms with Crippen molar-refractivity contribution >= 4 is 17.6 Å². The van der Waals surface area contributed by atoms with Crippen LogP contribution in [0.2, 0.25) is 5.15 Å². The Bertz CT molecular complexity index is 473. The lowest BCUT2D eigenvalue weighted by Gasteiger charge is -2.16. The molecule has 0 radical (unpaired) electrons. The number of halogens is 1. The molecule has 2 rings (SSSR count). The molecular formula is C13H20ClN3O2. The normalized spacial score (nSPS) is 22.9. The first-order valence-electron chi connectivity index (χ1n) is 6.62. The van der Waals surface area contributed by atoms with Crippen molar-refractivity contribution in [3.63, 3.8) is 0 Å². The highest BCUT2D eigenvalue weighted by Crippen LogP contribution is 2.31. The molecule has 0 saturated heterocycles. The minimum absolute atomic E-state index is 0.196. The summed E-state index contributed by atoms with van der Waals surface area (Å²) < 4.78 is 1.66. The highest BCUT2D eigenvalue weighted by Gasteiger charge is 2.32. The molecule has 0 spiro atoms. The second kappa shape index (κ2) is 5.92. The lowest BCUT2D eigenvalue weighted by atomic mass is 9.96. The standard InChI is InChI=1S/C13H20ClN3O2/c1-8-11(12(14)17(2)16-8)7-15-6-9-4-3-5-10(9)13(18)19/h9-10,15H,3-7H2,1-2H3,(H,18,19). The van der Waals surface area contributed by atoms with Crippen LogP contribution < -0.4 is 5.32 Å². The predicted molar refractivity (Wildman–Crippen MR) is 73.1 cm³/mol. The van der Waals surface area contributed by atoms with Crippen LogP contribution >= 0.6 is 11.6 Å². The Morgan fingerprint density at radius 1 is 1.58 bits per heavy atom. The number of rotatable bonds is 5. The van der Waals surface area contributed by atoms with E-state index in [9.17, 15) is 4.79 Å². The van der Waals surface area contributed by atoms with E-state index in [1.54, 1.807) is 4.68 Å². The van der Waals surface area contributed by atoms with Crippen molar-refractivity contribution in [3.05, 3.63) is 16.4 Å². The van der Waals surface area contributed by atoms with Gasteiger partial charge in [-0.05, 0) is 32.2 Å². The summed E-state index contributed by atoms with van der Waals surface area (Å²) in [5.74, 6) is -0.633. The maximum absolute atomic E-state index is 11.1. The van der Waals surface area contributed by atoms with Gasteiger partial charge in [-0.2, -0.15) is 5.10 Å². The van der Waals surface area contributed by atoms with Gasteiger partial charge in [0.25, 0.3) is 0 Å². The van der Waals surface area contributed by atoms with Crippen LogP contribution in [-0.4, -0.2) is 27.4 Å². The molecule has 1 aliphatic rings. The molecular weight excluding hydrogens is 266 g/mol. The summed E-state index contributed by atoms with van der Waals surface area (Å²) in [6.45, 7) is 3.29. The van der Waals surface area contributed by atoms with Crippen LogP contribution in [0.3, 0.4) is 0 Å². The van der Waals surface area contributed by atoms with Gasteiger partial charge in [0.05, 0.1) is 11.6 Å². The van der Waals surface area contributed by atoms with E-state index in [1.165, 1.54) is 0 Å². The summed E-state index contributed by atoms with van der Waals surface area (Å²) >= 11 is 6.15. The minimum atomic E-state index is -0.667. The van der Waals surface area contributed by atoms with E-state index < -0.39 is 5.97 Å². The average molecular weight is 286 g/mol. The number of carboxylic acid groups (broad SMARTS) is 1. The topological polar surface area (TPSA) is 67.2 Å². The van der Waals surface area contributed by atoms with Crippen molar-refractivity contribution in [2.75, 3.05) is 6.54 Å². The van der Waals surface area contributed by atoms with E-state index in [4.69, 9.17) is 16.7 Å². The Hall–Kier alpha value is -1.07. The fourth-order valence-corrected chi connectivity index (χ4v) is 3.10. The lowest BCUT2D eigenvalue weighted by Crippen LogP contribution is -2.28. The fraction of sp³-hybridized carbons (Fsp3) is 0.692. The van der Waals surface area contributed by atoms with Crippen LogP contribution in [0.5, 0.6) is 0 Å². The molecule has 1 aromatic rings. The van der Waals surface area contributed by atoms with Gasteiger partial charge < -0.3 is 10.4 Å². The predicted octanol–water partition coefficient (Wildman–Crippen LogP) is 1.97. The Morgan fingerprint density at radius 2 is 2.32 bits per heavy atom. The number of aliphatic carboxylic acids is 1. The van der Waals surface area contributed by atoms with Crippen LogP contribution in [-0.2, 0) is 18.4 Å². The van der Waals surface area contributed by atoms with Crippen LogP contribution in [0.4, 0.5) is 0 Å². The molecule has 1 aromatic heterocycles. The van der Waals surface area contributed by atoms with E-state index in [-0.39, 0.29) is 11.8 Å². The fourth-order valence-electron chi connectivity index (χ4n) is 2.86. The number of carboxylic acids is 1. The molecule has 19 heavy (non-hydrogen) atoms. The molecule has 6 heteroatoms. The van der Waals surface area contributed by atoms with E-state index in [2.05, 4.69) is 10.4 Å². The van der Waals surface area contributed by atoms with Crippen molar-refractivity contribution in [1.29, 1.82) is 0 Å². The average Bonchev–Trinajstić information content (AvgIpc) is 2.89. The van der Waals surface area contributed by atoms with Gasteiger partial charge in [0.15, 0.2) is 0 Å². The maximum Gasteiger partial charge on any atom is 0.306 e. The third-order valence-corrected chi connectivity index (χ3v) is 4.43. The molecule has 1 fully saturated rings. The highest BCUT2D eigenvalue weighted by molar-refractivity contribution is 6.30. The van der Waals surface area contributed by atoms with Gasteiger partial charge in [0.1, 0.15) is 5.15 Å². The molecule has 106 valence electrons. The zero-order valence-electron chi connectivity index (χ0n) is 11.3. The second-order valence-electron chi connectivity index (χ2n) is 5.24. The lowest BCUT2D eigenvalue weighted by molar-refractivity contribution is -0.142. The number of aromatic nitrogens is 2. The first kappa shape index (κ1) is 14.3. The second-order valence-corrected chi connectivity index (χ2v) is 5.60. The van der Waals surface area contributed by atoms with Crippen LogP contribution in [0.15, 0.2) is 0 Å². The summed E-state index contributed by atoms with van der Waals surface area (Å²) in [6, 6.07) is 0. The summed E-state index contributed by atoms with van der Waals surface area (Å²) in [5.41, 5.74) is 1.91. The number of nitrogens with zero attached hydrogens (tertiary/aromatic N) is 2. The van der Waals surface area contributed by atoms with Gasteiger partial charge in [-0.25, -0.2) is 0 Å². The Kier molecular flexibility index (Phi) is 4.47. The molecule has 1 aliphatic carbocycles. The molecule has 2 atom stereocenters. The summed E-state index contributed by atoms with van der Waals surface area (Å²) in [5, 5.41) is 17.4. The zero-order valence-corrected chi connectivity index (χ0v) is 12.1. The monoisotopic (exact) mass is 285 g/mol. The number of aryl methyl sites for hydroxylation is 2.